The molecule has 0 amide bonds. The van der Waals surface area contributed by atoms with Crippen LogP contribution in [0.25, 0.3) is 33.4 Å². The molecule has 3 aromatic rings. The highest BCUT2D eigenvalue weighted by atomic mass is 32.1. The normalized spacial score (nSPS) is 13.2. The first-order chi connectivity index (χ1) is 13.7. The molecule has 0 atom stereocenters. The van der Waals surface area contributed by atoms with Crippen molar-refractivity contribution in [3.8, 4) is 11.1 Å². The highest BCUT2D eigenvalue weighted by Gasteiger charge is 2.12. The molecule has 0 spiro atoms. The Morgan fingerprint density at radius 3 is 2.39 bits per heavy atom. The lowest BCUT2D eigenvalue weighted by Crippen LogP contribution is -1.78. The van der Waals surface area contributed by atoms with Crippen molar-refractivity contribution in [2.75, 3.05) is 0 Å². The third kappa shape index (κ3) is 4.68. The van der Waals surface area contributed by atoms with Gasteiger partial charge in [-0.1, -0.05) is 103 Å². The van der Waals surface area contributed by atoms with Crippen molar-refractivity contribution in [2.24, 2.45) is 0 Å². The van der Waals surface area contributed by atoms with Crippen LogP contribution in [0.1, 0.15) is 31.2 Å². The third-order valence-corrected chi connectivity index (χ3v) is 5.68. The van der Waals surface area contributed by atoms with E-state index in [0.717, 1.165) is 0 Å². The van der Waals surface area contributed by atoms with Gasteiger partial charge in [-0.25, -0.2) is 0 Å². The summed E-state index contributed by atoms with van der Waals surface area (Å²) in [6, 6.07) is 17.2. The van der Waals surface area contributed by atoms with Crippen LogP contribution in [0, 0.1) is 0 Å². The molecule has 0 aliphatic rings. The monoisotopic (exact) mass is 382 g/mol. The predicted octanol–water partition coefficient (Wildman–Crippen LogP) is 8.69. The van der Waals surface area contributed by atoms with E-state index in [1.54, 1.807) is 0 Å². The van der Waals surface area contributed by atoms with Gasteiger partial charge in [0.15, 0.2) is 0 Å². The molecule has 0 radical (unpaired) electrons. The SMILES string of the molecule is C\C=C/C(C)=C\C=C\C=C\c1sc2c(-c3ccccc3)cccc2c1/C=C\C. The fraction of sp³-hybridized carbons (Fsp3) is 0.111. The van der Waals surface area contributed by atoms with Gasteiger partial charge in [0, 0.05) is 15.0 Å². The van der Waals surface area contributed by atoms with Crippen LogP contribution < -0.4 is 0 Å². The fourth-order valence-electron chi connectivity index (χ4n) is 3.20. The van der Waals surface area contributed by atoms with Crippen LogP contribution in [-0.4, -0.2) is 0 Å². The van der Waals surface area contributed by atoms with Gasteiger partial charge >= 0.3 is 0 Å². The Bertz CT molecular complexity index is 1070. The molecule has 3 rings (SSSR count). The molecule has 0 aliphatic heterocycles. The fourth-order valence-corrected chi connectivity index (χ4v) is 4.44. The molecule has 140 valence electrons. The van der Waals surface area contributed by atoms with Gasteiger partial charge in [0.25, 0.3) is 0 Å². The minimum Gasteiger partial charge on any atom is -0.135 e. The highest BCUT2D eigenvalue weighted by Crippen LogP contribution is 2.39. The van der Waals surface area contributed by atoms with E-state index in [1.165, 1.54) is 37.2 Å². The van der Waals surface area contributed by atoms with Gasteiger partial charge in [0.1, 0.15) is 0 Å². The van der Waals surface area contributed by atoms with Crippen molar-refractivity contribution in [1.82, 2.24) is 0 Å². The second-order valence-corrected chi connectivity index (χ2v) is 7.64. The van der Waals surface area contributed by atoms with E-state index < -0.39 is 0 Å². The van der Waals surface area contributed by atoms with Gasteiger partial charge in [-0.05, 0) is 43.5 Å². The molecule has 2 aromatic carbocycles. The van der Waals surface area contributed by atoms with Gasteiger partial charge in [-0.3, -0.25) is 0 Å². The maximum atomic E-state index is 2.23. The second kappa shape index (κ2) is 9.87. The minimum atomic E-state index is 1.25. The number of allylic oxidation sites excluding steroid dienone is 8. The molecular formula is C27H26S. The van der Waals surface area contributed by atoms with Gasteiger partial charge in [0.2, 0.25) is 0 Å². The topological polar surface area (TPSA) is 0 Å². The Hall–Kier alpha value is -2.90. The first kappa shape index (κ1) is 19.9. The summed E-state index contributed by atoms with van der Waals surface area (Å²) in [5.41, 5.74) is 5.11. The van der Waals surface area contributed by atoms with Crippen LogP contribution >= 0.6 is 11.3 Å². The lowest BCUT2D eigenvalue weighted by Gasteiger charge is -2.03. The average molecular weight is 383 g/mol. The summed E-state index contributed by atoms with van der Waals surface area (Å²) in [5.74, 6) is 0. The summed E-state index contributed by atoms with van der Waals surface area (Å²) in [4.78, 5) is 1.29. The quantitative estimate of drug-likeness (QED) is 0.374. The first-order valence-corrected chi connectivity index (χ1v) is 10.4. The van der Waals surface area contributed by atoms with E-state index in [-0.39, 0.29) is 0 Å². The maximum absolute atomic E-state index is 2.23. The standard InChI is InChI=1S/C27H26S/c1-4-13-21(3)15-8-6-11-20-26-24(14-5-2)25-19-12-18-23(27(25)28-26)22-16-9-7-10-17-22/h4-20H,1-3H3/b8-6+,13-4-,14-5-,20-11+,21-15-. The Balaban J connectivity index is 2.01. The third-order valence-electron chi connectivity index (χ3n) is 4.46. The predicted molar refractivity (Wildman–Crippen MR) is 129 cm³/mol. The van der Waals surface area contributed by atoms with E-state index in [9.17, 15) is 0 Å². The van der Waals surface area contributed by atoms with Crippen LogP contribution in [-0.2, 0) is 0 Å². The van der Waals surface area contributed by atoms with Crippen LogP contribution in [0.2, 0.25) is 0 Å². The van der Waals surface area contributed by atoms with Crippen molar-refractivity contribution in [1.29, 1.82) is 0 Å². The molecule has 1 aromatic heterocycles. The summed E-state index contributed by atoms with van der Waals surface area (Å²) < 4.78 is 1.34. The Kier molecular flexibility index (Phi) is 7.00. The number of thiophene rings is 1. The first-order valence-electron chi connectivity index (χ1n) is 9.62. The molecule has 0 bridgehead atoms. The lowest BCUT2D eigenvalue weighted by molar-refractivity contribution is 1.50. The molecule has 0 nitrogen and oxygen atoms in total. The van der Waals surface area contributed by atoms with Crippen molar-refractivity contribution >= 4 is 33.6 Å². The number of hydrogen-bond donors (Lipinski definition) is 0. The van der Waals surface area contributed by atoms with E-state index in [2.05, 4.69) is 117 Å². The molecule has 0 fully saturated rings. The molecule has 0 aliphatic carbocycles. The van der Waals surface area contributed by atoms with Crippen molar-refractivity contribution in [3.63, 3.8) is 0 Å². The van der Waals surface area contributed by atoms with Crippen LogP contribution in [0.15, 0.2) is 96.6 Å². The zero-order chi connectivity index (χ0) is 19.8. The van der Waals surface area contributed by atoms with Gasteiger partial charge in [-0.2, -0.15) is 0 Å². The molecular weight excluding hydrogens is 356 g/mol. The average Bonchev–Trinajstić information content (AvgIpc) is 3.06. The zero-order valence-electron chi connectivity index (χ0n) is 16.7. The molecule has 1 heteroatoms. The maximum Gasteiger partial charge on any atom is 0.0433 e. The van der Waals surface area contributed by atoms with Crippen molar-refractivity contribution in [2.45, 2.75) is 20.8 Å². The molecule has 0 unspecified atom stereocenters. The molecule has 0 saturated carbocycles. The second-order valence-electron chi connectivity index (χ2n) is 6.58. The number of benzene rings is 2. The molecule has 0 N–H and O–H groups in total. The minimum absolute atomic E-state index is 1.25. The number of fused-ring (bicyclic) bond motifs is 1. The summed E-state index contributed by atoms with van der Waals surface area (Å²) in [6.07, 6.45) is 19.1. The summed E-state index contributed by atoms with van der Waals surface area (Å²) in [6.45, 7) is 6.22. The largest absolute Gasteiger partial charge is 0.135 e. The van der Waals surface area contributed by atoms with Gasteiger partial charge in [0.05, 0.1) is 0 Å². The molecule has 0 saturated heterocycles. The summed E-state index contributed by atoms with van der Waals surface area (Å²) in [5, 5.41) is 1.32. The van der Waals surface area contributed by atoms with Crippen LogP contribution in [0.5, 0.6) is 0 Å². The molecule has 28 heavy (non-hydrogen) atoms. The van der Waals surface area contributed by atoms with Crippen molar-refractivity contribution in [3.05, 3.63) is 107 Å². The van der Waals surface area contributed by atoms with Crippen molar-refractivity contribution < 1.29 is 0 Å². The van der Waals surface area contributed by atoms with E-state index in [0.29, 0.717) is 0 Å². The molecule has 1 heterocycles. The number of rotatable bonds is 6. The smallest absolute Gasteiger partial charge is 0.0433 e. The summed E-state index contributed by atoms with van der Waals surface area (Å²) in [7, 11) is 0. The van der Waals surface area contributed by atoms with Crippen LogP contribution in [0.3, 0.4) is 0 Å². The highest BCUT2D eigenvalue weighted by molar-refractivity contribution is 7.20. The Morgan fingerprint density at radius 2 is 1.64 bits per heavy atom. The Labute approximate surface area is 172 Å². The zero-order valence-corrected chi connectivity index (χ0v) is 17.5. The van der Waals surface area contributed by atoms with E-state index >= 15 is 0 Å². The van der Waals surface area contributed by atoms with E-state index in [4.69, 9.17) is 0 Å². The Morgan fingerprint density at radius 1 is 0.821 bits per heavy atom. The van der Waals surface area contributed by atoms with Gasteiger partial charge < -0.3 is 0 Å². The van der Waals surface area contributed by atoms with Crippen LogP contribution in [0.4, 0.5) is 0 Å². The number of hydrogen-bond acceptors (Lipinski definition) is 1. The van der Waals surface area contributed by atoms with Gasteiger partial charge in [-0.15, -0.1) is 11.3 Å². The summed E-state index contributed by atoms with van der Waals surface area (Å²) >= 11 is 1.86. The lowest BCUT2D eigenvalue weighted by atomic mass is 10.0. The van der Waals surface area contributed by atoms with E-state index in [1.807, 2.05) is 18.3 Å².